The van der Waals surface area contributed by atoms with Gasteiger partial charge in [-0.1, -0.05) is 17.7 Å². The minimum Gasteiger partial charge on any atom is -0.505 e. The van der Waals surface area contributed by atoms with Crippen LogP contribution in [0.2, 0.25) is 0 Å². The quantitative estimate of drug-likeness (QED) is 0.342. The number of carbonyl (C=O) groups excluding carboxylic acids is 4. The fourth-order valence-electron chi connectivity index (χ4n) is 6.63. The van der Waals surface area contributed by atoms with Crippen molar-refractivity contribution in [2.75, 3.05) is 11.9 Å². The number of amides is 4. The molecule has 0 radical (unpaired) electrons. The van der Waals surface area contributed by atoms with Crippen LogP contribution in [0.15, 0.2) is 54.1 Å². The summed E-state index contributed by atoms with van der Waals surface area (Å²) in [6.07, 6.45) is 1.69. The maximum absolute atomic E-state index is 14.6. The van der Waals surface area contributed by atoms with Crippen molar-refractivity contribution in [3.05, 3.63) is 71.3 Å². The molecule has 2 saturated heterocycles. The molecule has 1 N–H and O–H groups in total. The average Bonchev–Trinajstić information content (AvgIpc) is 3.19. The summed E-state index contributed by atoms with van der Waals surface area (Å²) in [6, 6.07) is 8.15. The van der Waals surface area contributed by atoms with E-state index in [0.29, 0.717) is 5.57 Å². The van der Waals surface area contributed by atoms with Gasteiger partial charge in [0.25, 0.3) is 11.8 Å². The van der Waals surface area contributed by atoms with Crippen LogP contribution >= 0.6 is 23.2 Å². The highest BCUT2D eigenvalue weighted by atomic mass is 35.5. The van der Waals surface area contributed by atoms with Crippen LogP contribution in [0, 0.1) is 29.4 Å². The maximum atomic E-state index is 14.6. The molecular weight excluding hydrogens is 541 g/mol. The number of aromatic hydroxyl groups is 1. The molecule has 2 aliphatic heterocycles. The molecule has 0 spiro atoms. The van der Waals surface area contributed by atoms with Gasteiger partial charge in [-0.25, -0.2) is 13.7 Å². The van der Waals surface area contributed by atoms with Crippen LogP contribution in [0.4, 0.5) is 14.5 Å². The Morgan fingerprint density at radius 3 is 2.29 bits per heavy atom. The second kappa shape index (κ2) is 8.10. The summed E-state index contributed by atoms with van der Waals surface area (Å²) in [5.74, 6) is -8.12. The molecular formula is C27H20Cl2F2N2O5. The Bertz CT molecular complexity index is 1480. The number of phenolic OH excluding ortho intramolecular Hbond substituents is 1. The van der Waals surface area contributed by atoms with Crippen molar-refractivity contribution in [1.82, 2.24) is 4.90 Å². The first kappa shape index (κ1) is 25.0. The molecule has 6 atom stereocenters. The van der Waals surface area contributed by atoms with Crippen LogP contribution in [-0.4, -0.2) is 50.4 Å². The van der Waals surface area contributed by atoms with Gasteiger partial charge in [-0.3, -0.25) is 24.1 Å². The molecule has 2 aliphatic carbocycles. The van der Waals surface area contributed by atoms with E-state index in [1.54, 1.807) is 6.08 Å². The Morgan fingerprint density at radius 2 is 1.63 bits per heavy atom. The lowest BCUT2D eigenvalue weighted by Gasteiger charge is -2.50. The summed E-state index contributed by atoms with van der Waals surface area (Å²) in [7, 11) is 1.39. The van der Waals surface area contributed by atoms with Crippen LogP contribution in [0.3, 0.4) is 0 Å². The smallest absolute Gasteiger partial charge is 0.258 e. The Balaban J connectivity index is 1.58. The number of anilines is 1. The number of fused-ring (bicyclic) bond motifs is 4. The van der Waals surface area contributed by atoms with E-state index in [4.69, 9.17) is 23.2 Å². The van der Waals surface area contributed by atoms with Gasteiger partial charge >= 0.3 is 0 Å². The molecule has 196 valence electrons. The van der Waals surface area contributed by atoms with Crippen molar-refractivity contribution < 1.29 is 33.1 Å². The van der Waals surface area contributed by atoms with Crippen LogP contribution in [0.25, 0.3) is 0 Å². The number of imide groups is 2. The van der Waals surface area contributed by atoms with Gasteiger partial charge in [-0.05, 0) is 60.7 Å². The third-order valence-corrected chi connectivity index (χ3v) is 9.83. The van der Waals surface area contributed by atoms with Crippen LogP contribution in [-0.2, 0) is 19.2 Å². The first-order valence-electron chi connectivity index (χ1n) is 11.9. The van der Waals surface area contributed by atoms with Crippen molar-refractivity contribution in [3.63, 3.8) is 0 Å². The van der Waals surface area contributed by atoms with Crippen molar-refractivity contribution in [1.29, 1.82) is 0 Å². The highest BCUT2D eigenvalue weighted by Gasteiger charge is 2.76. The first-order chi connectivity index (χ1) is 17.9. The van der Waals surface area contributed by atoms with E-state index in [-0.39, 0.29) is 30.0 Å². The lowest BCUT2D eigenvalue weighted by atomic mass is 9.56. The Hall–Kier alpha value is -3.30. The van der Waals surface area contributed by atoms with Gasteiger partial charge in [0.05, 0.1) is 17.5 Å². The second-order valence-electron chi connectivity index (χ2n) is 10.2. The molecule has 38 heavy (non-hydrogen) atoms. The number of hydrogen-bond donors (Lipinski definition) is 1. The number of likely N-dealkylation sites (tertiary alicyclic amines) is 1. The lowest BCUT2D eigenvalue weighted by Crippen LogP contribution is -2.60. The predicted molar refractivity (Wildman–Crippen MR) is 132 cm³/mol. The SMILES string of the molecule is CN1C(=O)[C@H]2[C@H](CC=C3[C@H]2C[C@@]2(Cl)C(=O)N(c4ccc(F)cc4)C(=O)[C@@]2(Cl)[C@H]3c2ccc(O)c(F)c2)C1=O. The van der Waals surface area contributed by atoms with Gasteiger partial charge in [-0.2, -0.15) is 0 Å². The van der Waals surface area contributed by atoms with Gasteiger partial charge in [-0.15, -0.1) is 23.2 Å². The molecule has 2 aromatic carbocycles. The Labute approximate surface area is 225 Å². The van der Waals surface area contributed by atoms with Gasteiger partial charge in [0.15, 0.2) is 21.3 Å². The summed E-state index contributed by atoms with van der Waals surface area (Å²) in [6.45, 7) is 0. The minimum absolute atomic E-state index is 0.0492. The van der Waals surface area contributed by atoms with Crippen molar-refractivity contribution in [3.8, 4) is 5.75 Å². The molecule has 0 bridgehead atoms. The largest absolute Gasteiger partial charge is 0.505 e. The number of allylic oxidation sites excluding steroid dienone is 2. The summed E-state index contributed by atoms with van der Waals surface area (Å²) < 4.78 is 28.2. The maximum Gasteiger partial charge on any atom is 0.258 e. The Morgan fingerprint density at radius 1 is 0.947 bits per heavy atom. The highest BCUT2D eigenvalue weighted by Crippen LogP contribution is 2.65. The molecule has 0 aromatic heterocycles. The number of rotatable bonds is 2. The topological polar surface area (TPSA) is 95.0 Å². The monoisotopic (exact) mass is 560 g/mol. The van der Waals surface area contributed by atoms with E-state index >= 15 is 0 Å². The van der Waals surface area contributed by atoms with E-state index in [9.17, 15) is 33.1 Å². The third-order valence-electron chi connectivity index (χ3n) is 8.42. The number of benzene rings is 2. The van der Waals surface area contributed by atoms with Crippen LogP contribution in [0.5, 0.6) is 5.75 Å². The number of hydrogen-bond acceptors (Lipinski definition) is 5. The fraction of sp³-hybridized carbons (Fsp3) is 0.333. The van der Waals surface area contributed by atoms with E-state index in [2.05, 4.69) is 0 Å². The molecule has 1 saturated carbocycles. The van der Waals surface area contributed by atoms with Gasteiger partial charge in [0.1, 0.15) is 5.82 Å². The molecule has 3 fully saturated rings. The van der Waals surface area contributed by atoms with Crippen molar-refractivity contribution >= 4 is 52.5 Å². The zero-order valence-electron chi connectivity index (χ0n) is 19.8. The zero-order chi connectivity index (χ0) is 27.3. The number of nitrogens with zero attached hydrogens (tertiary/aromatic N) is 2. The first-order valence-corrected chi connectivity index (χ1v) is 12.7. The Kier molecular flexibility index (Phi) is 5.33. The predicted octanol–water partition coefficient (Wildman–Crippen LogP) is 3.86. The average molecular weight is 561 g/mol. The third kappa shape index (κ3) is 3.00. The second-order valence-corrected chi connectivity index (χ2v) is 11.4. The highest BCUT2D eigenvalue weighted by molar-refractivity contribution is 6.58. The van der Waals surface area contributed by atoms with Crippen LogP contribution in [0.1, 0.15) is 24.3 Å². The fourth-order valence-corrected chi connectivity index (χ4v) is 7.57. The minimum atomic E-state index is -2.16. The summed E-state index contributed by atoms with van der Waals surface area (Å²) in [4.78, 5) is 51.6. The molecule has 4 aliphatic rings. The summed E-state index contributed by atoms with van der Waals surface area (Å²) >= 11 is 14.3. The molecule has 2 aromatic rings. The van der Waals surface area contributed by atoms with Gasteiger partial charge in [0.2, 0.25) is 11.8 Å². The van der Waals surface area contributed by atoms with E-state index in [1.165, 1.54) is 25.2 Å². The number of carbonyl (C=O) groups is 4. The molecule has 6 rings (SSSR count). The molecule has 0 unspecified atom stereocenters. The number of phenols is 1. The van der Waals surface area contributed by atoms with E-state index in [0.717, 1.165) is 34.1 Å². The molecule has 4 amide bonds. The van der Waals surface area contributed by atoms with Crippen molar-refractivity contribution in [2.24, 2.45) is 17.8 Å². The van der Waals surface area contributed by atoms with Gasteiger partial charge in [0, 0.05) is 13.0 Å². The summed E-state index contributed by atoms with van der Waals surface area (Å²) in [5, 5.41) is 9.80. The molecule has 2 heterocycles. The normalized spacial score (nSPS) is 34.3. The summed E-state index contributed by atoms with van der Waals surface area (Å²) in [5.41, 5.74) is 0.719. The van der Waals surface area contributed by atoms with E-state index < -0.39 is 68.5 Å². The molecule has 7 nitrogen and oxygen atoms in total. The van der Waals surface area contributed by atoms with Crippen molar-refractivity contribution in [2.45, 2.75) is 28.5 Å². The number of halogens is 4. The number of alkyl halides is 2. The standard InChI is InChI=1S/C27H20Cl2F2N2O5/c1-32-22(35)16-8-7-15-17(20(16)23(32)36)11-26(28)24(37)33(14-5-3-13(30)4-6-14)25(38)27(26,29)21(15)12-2-9-19(34)18(31)10-12/h2-7,9-10,16-17,20-21,34H,8,11H2,1H3/t16-,17+,20-,21-,26+,27-/m0/s1. The van der Waals surface area contributed by atoms with Gasteiger partial charge < -0.3 is 5.11 Å². The van der Waals surface area contributed by atoms with E-state index in [1.807, 2.05) is 0 Å². The van der Waals surface area contributed by atoms with Crippen LogP contribution < -0.4 is 4.90 Å². The lowest BCUT2D eigenvalue weighted by molar-refractivity contribution is -0.138. The molecule has 11 heteroatoms. The zero-order valence-corrected chi connectivity index (χ0v) is 21.3.